The van der Waals surface area contributed by atoms with E-state index in [1.54, 1.807) is 91.1 Å². The number of hydrogen-bond acceptors (Lipinski definition) is 14. The number of para-hydroxylation sites is 1. The molecule has 4 rings (SSSR count). The summed E-state index contributed by atoms with van der Waals surface area (Å²) in [6.07, 6.45) is -1.96. The Kier molecular flexibility index (Phi) is 25.9. The molecule has 434 valence electrons. The molecule has 0 radical (unpaired) electrons. The fraction of sp³-hybridized carbons (Fsp3) is 0.471. The minimum Gasteiger partial charge on any atom is -0.394 e. The maximum atomic E-state index is 14.7. The Hall–Kier alpha value is -6.43. The van der Waals surface area contributed by atoms with Gasteiger partial charge in [0.2, 0.25) is 41.4 Å². The van der Waals surface area contributed by atoms with Crippen molar-refractivity contribution in [1.29, 1.82) is 0 Å². The summed E-state index contributed by atoms with van der Waals surface area (Å²) in [4.78, 5) is 101. The average Bonchev–Trinajstić information content (AvgIpc) is 3.83. The topological polar surface area (TPSA) is 332 Å². The van der Waals surface area contributed by atoms with E-state index < -0.39 is 155 Å². The number of unbranched alkanes of at least 4 members (excludes halogenated alkanes) is 1. The number of nitrogens with one attached hydrogen (secondary N) is 8. The van der Waals surface area contributed by atoms with Crippen molar-refractivity contribution in [3.63, 3.8) is 0 Å². The van der Waals surface area contributed by atoms with Crippen LogP contribution in [-0.4, -0.2) is 158 Å². The smallest absolute Gasteiger partial charge is 0.394 e. The van der Waals surface area contributed by atoms with Crippen LogP contribution in [0.3, 0.4) is 0 Å². The second-order valence-electron chi connectivity index (χ2n) is 18.4. The summed E-state index contributed by atoms with van der Waals surface area (Å²) in [5.41, 5.74) is 4.27. The van der Waals surface area contributed by atoms with Crippen molar-refractivity contribution in [2.45, 2.75) is 124 Å². The number of aromatic nitrogens is 1. The molecule has 0 saturated heterocycles. The van der Waals surface area contributed by atoms with Gasteiger partial charge >= 0.3 is 11.0 Å². The number of fused-ring (bicyclic) bond motifs is 1. The number of carbonyl (C=O) groups is 7. The number of aliphatic hydroxyl groups is 3. The number of aliphatic hydroxyl groups excluding tert-OH is 3. The maximum absolute atomic E-state index is 14.7. The van der Waals surface area contributed by atoms with Gasteiger partial charge in [-0.2, -0.15) is 26.3 Å². The van der Waals surface area contributed by atoms with Crippen molar-refractivity contribution >= 4 is 75.8 Å². The molecule has 7 amide bonds. The lowest BCUT2D eigenvalue weighted by Gasteiger charge is -2.29. The summed E-state index contributed by atoms with van der Waals surface area (Å²) in [5, 5.41) is 47.3. The van der Waals surface area contributed by atoms with E-state index in [1.807, 2.05) is 0 Å². The van der Waals surface area contributed by atoms with Crippen LogP contribution in [0.15, 0.2) is 91.1 Å². The molecule has 0 aliphatic rings. The van der Waals surface area contributed by atoms with Crippen molar-refractivity contribution in [3.8, 4) is 0 Å². The van der Waals surface area contributed by atoms with Crippen molar-refractivity contribution < 1.29 is 75.2 Å². The lowest BCUT2D eigenvalue weighted by atomic mass is 10.0. The molecular weight excluding hydrogens is 1090 g/mol. The van der Waals surface area contributed by atoms with Crippen LogP contribution in [0.4, 0.5) is 26.3 Å². The van der Waals surface area contributed by atoms with E-state index in [4.69, 9.17) is 11.5 Å². The SMILES string of the molecule is C[C@@H](O)[C@H](NC(=O)[C@H](CCCCN)NC(=O)[C@@H](Cc1c[nH]c2ccccc12)NC(=O)[C@H](Cc1ccccc1)NC(=O)[C@H](CSC(F)(F)F)NC(=O)[C@H](N)Cc1ccccc1)C(=O)N[C@@H](CSC(F)(F)F)C(=O)N[C@H](CO)[C@@H](C)O. The van der Waals surface area contributed by atoms with Gasteiger partial charge < -0.3 is 69.0 Å². The fourth-order valence-corrected chi connectivity index (χ4v) is 9.03. The highest BCUT2D eigenvalue weighted by molar-refractivity contribution is 8.00. The third-order valence-corrected chi connectivity index (χ3v) is 13.8. The second-order valence-corrected chi connectivity index (χ2v) is 20.6. The molecule has 0 spiro atoms. The van der Waals surface area contributed by atoms with E-state index in [0.717, 1.165) is 6.92 Å². The molecule has 0 bridgehead atoms. The third-order valence-electron chi connectivity index (χ3n) is 12.1. The summed E-state index contributed by atoms with van der Waals surface area (Å²) in [7, 11) is 0. The average molecular weight is 1160 g/mol. The third kappa shape index (κ3) is 22.3. The van der Waals surface area contributed by atoms with Gasteiger partial charge in [-0.25, -0.2) is 0 Å². The molecule has 20 nitrogen and oxygen atoms in total. The minimum absolute atomic E-state index is 0.0359. The zero-order chi connectivity index (χ0) is 58.5. The van der Waals surface area contributed by atoms with E-state index >= 15 is 0 Å². The molecule has 0 fully saturated rings. The van der Waals surface area contributed by atoms with Crippen LogP contribution in [0, 0.1) is 0 Å². The van der Waals surface area contributed by atoms with Crippen molar-refractivity contribution in [1.82, 2.24) is 42.2 Å². The van der Waals surface area contributed by atoms with Gasteiger partial charge in [0.15, 0.2) is 0 Å². The molecule has 1 heterocycles. The van der Waals surface area contributed by atoms with E-state index in [2.05, 4.69) is 42.2 Å². The van der Waals surface area contributed by atoms with Crippen LogP contribution >= 0.6 is 23.5 Å². The van der Waals surface area contributed by atoms with Crippen LogP contribution in [0.1, 0.15) is 49.8 Å². The quantitative estimate of drug-likeness (QED) is 0.0250. The monoisotopic (exact) mass is 1160 g/mol. The van der Waals surface area contributed by atoms with Gasteiger partial charge in [0.05, 0.1) is 30.9 Å². The first-order valence-electron chi connectivity index (χ1n) is 24.9. The van der Waals surface area contributed by atoms with E-state index in [0.29, 0.717) is 34.0 Å². The Morgan fingerprint density at radius 2 is 1.01 bits per heavy atom. The first kappa shape index (κ1) is 65.1. The number of amides is 7. The Morgan fingerprint density at radius 3 is 1.53 bits per heavy atom. The van der Waals surface area contributed by atoms with Crippen LogP contribution in [0.25, 0.3) is 10.9 Å². The first-order chi connectivity index (χ1) is 37.3. The van der Waals surface area contributed by atoms with Gasteiger partial charge in [0, 0.05) is 41.4 Å². The molecule has 3 aromatic carbocycles. The Balaban J connectivity index is 1.67. The number of rotatable bonds is 31. The zero-order valence-electron chi connectivity index (χ0n) is 42.9. The predicted molar refractivity (Wildman–Crippen MR) is 284 cm³/mol. The molecule has 4 aromatic rings. The van der Waals surface area contributed by atoms with Gasteiger partial charge in [0.1, 0.15) is 36.3 Å². The molecule has 0 saturated carbocycles. The van der Waals surface area contributed by atoms with Crippen molar-refractivity contribution in [3.05, 3.63) is 108 Å². The first-order valence-corrected chi connectivity index (χ1v) is 26.9. The minimum atomic E-state index is -4.89. The van der Waals surface area contributed by atoms with Crippen LogP contribution < -0.4 is 48.7 Å². The number of hydrogen-bond donors (Lipinski definition) is 13. The highest BCUT2D eigenvalue weighted by Gasteiger charge is 2.39. The maximum Gasteiger partial charge on any atom is 0.441 e. The number of alkyl halides is 6. The van der Waals surface area contributed by atoms with Gasteiger partial charge in [-0.1, -0.05) is 78.9 Å². The summed E-state index contributed by atoms with van der Waals surface area (Å²) in [6, 6.07) is 10.0. The number of benzene rings is 3. The van der Waals surface area contributed by atoms with Gasteiger partial charge in [-0.05, 0) is 92.4 Å². The van der Waals surface area contributed by atoms with Crippen LogP contribution in [0.2, 0.25) is 0 Å². The molecular formula is C51H66F6N10O10S2. The summed E-state index contributed by atoms with van der Waals surface area (Å²) >= 11 is -1.29. The second kappa shape index (κ2) is 31.4. The largest absolute Gasteiger partial charge is 0.441 e. The van der Waals surface area contributed by atoms with Crippen LogP contribution in [-0.2, 0) is 52.8 Å². The summed E-state index contributed by atoms with van der Waals surface area (Å²) < 4.78 is 80.9. The Bertz CT molecular complexity index is 2620. The van der Waals surface area contributed by atoms with E-state index in [1.165, 1.54) is 6.92 Å². The van der Waals surface area contributed by atoms with Crippen LogP contribution in [0.5, 0.6) is 0 Å². The highest BCUT2D eigenvalue weighted by Crippen LogP contribution is 2.31. The highest BCUT2D eigenvalue weighted by atomic mass is 32.2. The molecule has 0 aliphatic heterocycles. The molecule has 1 aromatic heterocycles. The predicted octanol–water partition coefficient (Wildman–Crippen LogP) is 1.31. The molecule has 0 unspecified atom stereocenters. The molecule has 79 heavy (non-hydrogen) atoms. The number of aromatic amines is 1. The standard InChI is InChI=1S/C51H66F6N10O10S2/c1-28(69)39(25-68)64-48(76)41(27-79-51(55,56)57)66-49(77)42(29(2)70)67-44(72)36(19-11-12-20-58)61-46(74)38(23-32-24-60-35-18-10-9-17-33(32)35)63-45(73)37(22-31-15-7-4-8-16-31)62-47(75)40(26-78-50(52,53)54)65-43(71)34(59)21-30-13-5-3-6-14-30/h3-10,13-18,24,28-29,34,36-42,60,68-70H,11-12,19-23,25-27,58-59H2,1-2H3,(H,61,74)(H,62,75)(H,63,73)(H,64,76)(H,65,71)(H,66,77)(H,67,72)/t28-,29-,34-,36+,37+,38-,39-,40+,41+,42+/m1/s1. The lowest BCUT2D eigenvalue weighted by Crippen LogP contribution is -2.62. The number of halogens is 6. The fourth-order valence-electron chi connectivity index (χ4n) is 7.85. The van der Waals surface area contributed by atoms with E-state index in [9.17, 15) is 75.2 Å². The zero-order valence-corrected chi connectivity index (χ0v) is 44.6. The molecule has 28 heteroatoms. The molecule has 10 atom stereocenters. The Labute approximate surface area is 459 Å². The summed E-state index contributed by atoms with van der Waals surface area (Å²) in [6.45, 7) is 1.52. The van der Waals surface area contributed by atoms with Gasteiger partial charge in [-0.15, -0.1) is 0 Å². The number of H-pyrrole nitrogens is 1. The van der Waals surface area contributed by atoms with Gasteiger partial charge in [-0.3, -0.25) is 33.6 Å². The van der Waals surface area contributed by atoms with E-state index in [-0.39, 0.29) is 38.6 Å². The lowest BCUT2D eigenvalue weighted by molar-refractivity contribution is -0.136. The number of nitrogens with two attached hydrogens (primary N) is 2. The molecule has 0 aliphatic carbocycles. The van der Waals surface area contributed by atoms with Gasteiger partial charge in [0.25, 0.3) is 0 Å². The normalized spacial score (nSPS) is 15.6. The van der Waals surface area contributed by atoms with Crippen molar-refractivity contribution in [2.24, 2.45) is 11.5 Å². The molecule has 15 N–H and O–H groups in total. The Morgan fingerprint density at radius 1 is 0.557 bits per heavy atom. The summed E-state index contributed by atoms with van der Waals surface area (Å²) in [5.74, 6) is -10.1. The number of thioether (sulfide) groups is 2. The number of carbonyl (C=O) groups excluding carboxylic acids is 7. The van der Waals surface area contributed by atoms with Crippen molar-refractivity contribution in [2.75, 3.05) is 24.7 Å².